The van der Waals surface area contributed by atoms with Gasteiger partial charge in [-0.05, 0) is 50.8 Å². The minimum absolute atomic E-state index is 0. The van der Waals surface area contributed by atoms with E-state index in [1.54, 1.807) is 7.11 Å². The number of halogens is 1. The SMILES string of the molecule is COc1ccccc1CC(C)N(C)C(=O)CCC1CCCN1.Cl. The topological polar surface area (TPSA) is 41.6 Å². The molecule has 1 heterocycles. The molecule has 1 fully saturated rings. The fourth-order valence-electron chi connectivity index (χ4n) is 3.05. The van der Waals surface area contributed by atoms with Crippen molar-refractivity contribution in [2.24, 2.45) is 0 Å². The predicted molar refractivity (Wildman–Crippen MR) is 96.4 cm³/mol. The summed E-state index contributed by atoms with van der Waals surface area (Å²) < 4.78 is 5.39. The molecule has 2 atom stereocenters. The van der Waals surface area contributed by atoms with Crippen LogP contribution in [-0.2, 0) is 11.2 Å². The minimum atomic E-state index is 0. The summed E-state index contributed by atoms with van der Waals surface area (Å²) in [7, 11) is 3.59. The Morgan fingerprint density at radius 1 is 1.43 bits per heavy atom. The van der Waals surface area contributed by atoms with Crippen LogP contribution in [0.1, 0.15) is 38.2 Å². The second kappa shape index (κ2) is 9.78. The van der Waals surface area contributed by atoms with E-state index in [0.717, 1.165) is 30.7 Å². The molecule has 1 aromatic carbocycles. The van der Waals surface area contributed by atoms with E-state index in [1.807, 2.05) is 30.1 Å². The summed E-state index contributed by atoms with van der Waals surface area (Å²) in [6.07, 6.45) is 4.83. The number of carbonyl (C=O) groups excluding carboxylic acids is 1. The van der Waals surface area contributed by atoms with Gasteiger partial charge in [-0.25, -0.2) is 0 Å². The molecule has 1 aromatic rings. The lowest BCUT2D eigenvalue weighted by atomic mass is 10.0. The molecule has 0 aliphatic carbocycles. The Hall–Kier alpha value is -1.26. The first-order chi connectivity index (χ1) is 10.6. The standard InChI is InChI=1S/C18H28N2O2.ClH/c1-14(13-15-7-4-5-9-17(15)22-3)20(2)18(21)11-10-16-8-6-12-19-16;/h4-5,7,9,14,16,19H,6,8,10-13H2,1-3H3;1H. The third-order valence-corrected chi connectivity index (χ3v) is 4.63. The number of benzene rings is 1. The highest BCUT2D eigenvalue weighted by atomic mass is 35.5. The van der Waals surface area contributed by atoms with E-state index < -0.39 is 0 Å². The van der Waals surface area contributed by atoms with Crippen LogP contribution in [0.3, 0.4) is 0 Å². The molecule has 1 saturated heterocycles. The van der Waals surface area contributed by atoms with Gasteiger partial charge in [0.1, 0.15) is 5.75 Å². The van der Waals surface area contributed by atoms with E-state index in [1.165, 1.54) is 12.8 Å². The van der Waals surface area contributed by atoms with Gasteiger partial charge in [0.2, 0.25) is 5.91 Å². The third kappa shape index (κ3) is 5.70. The van der Waals surface area contributed by atoms with Crippen molar-refractivity contribution in [3.05, 3.63) is 29.8 Å². The Morgan fingerprint density at radius 2 is 2.17 bits per heavy atom. The van der Waals surface area contributed by atoms with Gasteiger partial charge in [0.15, 0.2) is 0 Å². The summed E-state index contributed by atoms with van der Waals surface area (Å²) in [4.78, 5) is 14.2. The quantitative estimate of drug-likeness (QED) is 0.829. The largest absolute Gasteiger partial charge is 0.496 e. The lowest BCUT2D eigenvalue weighted by Crippen LogP contribution is -2.37. The molecule has 5 heteroatoms. The fraction of sp³-hybridized carbons (Fsp3) is 0.611. The molecule has 2 rings (SSSR count). The van der Waals surface area contributed by atoms with Crippen LogP contribution in [0, 0.1) is 0 Å². The van der Waals surface area contributed by atoms with Crippen LogP contribution in [0.15, 0.2) is 24.3 Å². The Balaban J connectivity index is 0.00000264. The number of carbonyl (C=O) groups is 1. The predicted octanol–water partition coefficient (Wildman–Crippen LogP) is 3.04. The maximum absolute atomic E-state index is 12.4. The average Bonchev–Trinajstić information content (AvgIpc) is 3.05. The monoisotopic (exact) mass is 340 g/mol. The van der Waals surface area contributed by atoms with E-state index in [4.69, 9.17) is 4.74 Å². The zero-order valence-corrected chi connectivity index (χ0v) is 15.2. The van der Waals surface area contributed by atoms with Crippen LogP contribution in [-0.4, -0.2) is 43.6 Å². The Morgan fingerprint density at radius 3 is 2.83 bits per heavy atom. The van der Waals surface area contributed by atoms with Crippen molar-refractivity contribution < 1.29 is 9.53 Å². The van der Waals surface area contributed by atoms with E-state index >= 15 is 0 Å². The summed E-state index contributed by atoms with van der Waals surface area (Å²) in [6.45, 7) is 3.19. The highest BCUT2D eigenvalue weighted by molar-refractivity contribution is 5.85. The normalized spacial score (nSPS) is 18.1. The van der Waals surface area contributed by atoms with Gasteiger partial charge in [0.05, 0.1) is 7.11 Å². The summed E-state index contributed by atoms with van der Waals surface area (Å²) in [5.41, 5.74) is 1.15. The second-order valence-corrected chi connectivity index (χ2v) is 6.20. The number of hydrogen-bond acceptors (Lipinski definition) is 3. The minimum Gasteiger partial charge on any atom is -0.496 e. The number of likely N-dealkylation sites (N-methyl/N-ethyl adjacent to an activating group) is 1. The molecule has 0 aromatic heterocycles. The van der Waals surface area contributed by atoms with E-state index in [9.17, 15) is 4.79 Å². The first-order valence-corrected chi connectivity index (χ1v) is 8.22. The Kier molecular flexibility index (Phi) is 8.42. The molecule has 0 spiro atoms. The molecule has 4 nitrogen and oxygen atoms in total. The molecule has 1 amide bonds. The molecule has 1 aliphatic heterocycles. The summed E-state index contributed by atoms with van der Waals surface area (Å²) >= 11 is 0. The first kappa shape index (κ1) is 19.8. The number of para-hydroxylation sites is 1. The van der Waals surface area contributed by atoms with Crippen LogP contribution in [0.25, 0.3) is 0 Å². The number of ether oxygens (including phenoxy) is 1. The molecular weight excluding hydrogens is 312 g/mol. The van der Waals surface area contributed by atoms with Crippen LogP contribution in [0.2, 0.25) is 0 Å². The molecule has 23 heavy (non-hydrogen) atoms. The molecule has 2 unspecified atom stereocenters. The first-order valence-electron chi connectivity index (χ1n) is 8.22. The molecular formula is C18H29ClN2O2. The van der Waals surface area contributed by atoms with Gasteiger partial charge in [-0.1, -0.05) is 18.2 Å². The number of nitrogens with one attached hydrogen (secondary N) is 1. The highest BCUT2D eigenvalue weighted by Crippen LogP contribution is 2.20. The third-order valence-electron chi connectivity index (χ3n) is 4.63. The van der Waals surface area contributed by atoms with Crippen molar-refractivity contribution in [1.82, 2.24) is 10.2 Å². The highest BCUT2D eigenvalue weighted by Gasteiger charge is 2.20. The van der Waals surface area contributed by atoms with Crippen molar-refractivity contribution in [2.45, 2.75) is 51.1 Å². The number of hydrogen-bond donors (Lipinski definition) is 1. The van der Waals surface area contributed by atoms with Crippen LogP contribution in [0.4, 0.5) is 0 Å². The summed E-state index contributed by atoms with van der Waals surface area (Å²) in [6, 6.07) is 8.71. The van der Waals surface area contributed by atoms with E-state index in [2.05, 4.69) is 18.3 Å². The fourth-order valence-corrected chi connectivity index (χ4v) is 3.05. The van der Waals surface area contributed by atoms with Crippen LogP contribution < -0.4 is 10.1 Å². The lowest BCUT2D eigenvalue weighted by Gasteiger charge is -2.26. The van der Waals surface area contributed by atoms with E-state index in [0.29, 0.717) is 12.5 Å². The smallest absolute Gasteiger partial charge is 0.222 e. The van der Waals surface area contributed by atoms with Gasteiger partial charge in [-0.2, -0.15) is 0 Å². The van der Waals surface area contributed by atoms with Crippen molar-refractivity contribution in [1.29, 1.82) is 0 Å². The molecule has 1 aliphatic rings. The zero-order chi connectivity index (χ0) is 15.9. The molecule has 0 bridgehead atoms. The number of methoxy groups -OCH3 is 1. The lowest BCUT2D eigenvalue weighted by molar-refractivity contribution is -0.131. The average molecular weight is 341 g/mol. The van der Waals surface area contributed by atoms with Crippen LogP contribution >= 0.6 is 12.4 Å². The van der Waals surface area contributed by atoms with Gasteiger partial charge in [0.25, 0.3) is 0 Å². The van der Waals surface area contributed by atoms with Crippen LogP contribution in [0.5, 0.6) is 5.75 Å². The Labute approximate surface area is 146 Å². The number of rotatable bonds is 7. The van der Waals surface area contributed by atoms with Crippen molar-refractivity contribution >= 4 is 18.3 Å². The van der Waals surface area contributed by atoms with E-state index in [-0.39, 0.29) is 24.4 Å². The number of nitrogens with zero attached hydrogens (tertiary/aromatic N) is 1. The maximum atomic E-state index is 12.4. The van der Waals surface area contributed by atoms with Gasteiger partial charge >= 0.3 is 0 Å². The Bertz CT molecular complexity index is 490. The molecule has 0 radical (unpaired) electrons. The molecule has 1 N–H and O–H groups in total. The van der Waals surface area contributed by atoms with Gasteiger partial charge in [-0.15, -0.1) is 12.4 Å². The van der Waals surface area contributed by atoms with Crippen molar-refractivity contribution in [3.63, 3.8) is 0 Å². The van der Waals surface area contributed by atoms with Crippen molar-refractivity contribution in [3.8, 4) is 5.75 Å². The molecule has 0 saturated carbocycles. The summed E-state index contributed by atoms with van der Waals surface area (Å²) in [5, 5.41) is 3.45. The zero-order valence-electron chi connectivity index (χ0n) is 14.4. The summed E-state index contributed by atoms with van der Waals surface area (Å²) in [5.74, 6) is 1.13. The maximum Gasteiger partial charge on any atom is 0.222 e. The van der Waals surface area contributed by atoms with Gasteiger partial charge in [-0.3, -0.25) is 4.79 Å². The second-order valence-electron chi connectivity index (χ2n) is 6.20. The van der Waals surface area contributed by atoms with Gasteiger partial charge in [0, 0.05) is 25.6 Å². The number of amides is 1. The molecule has 130 valence electrons. The van der Waals surface area contributed by atoms with Gasteiger partial charge < -0.3 is 15.0 Å². The van der Waals surface area contributed by atoms with Crippen molar-refractivity contribution in [2.75, 3.05) is 20.7 Å².